The van der Waals surface area contributed by atoms with Crippen LogP contribution in [-0.2, 0) is 16.6 Å². The zero-order valence-corrected chi connectivity index (χ0v) is 38.2. The molecule has 4 nitrogen and oxygen atoms in total. The van der Waals surface area contributed by atoms with Crippen molar-refractivity contribution in [2.45, 2.75) is 72.1 Å². The topological polar surface area (TPSA) is 64.3 Å². The van der Waals surface area contributed by atoms with Crippen molar-refractivity contribution in [3.8, 4) is 48.5 Å². The van der Waals surface area contributed by atoms with E-state index in [2.05, 4.69) is 161 Å². The maximum absolute atomic E-state index is 11.5. The average molecular weight is 865 g/mol. The van der Waals surface area contributed by atoms with Crippen molar-refractivity contribution >= 4 is 72.5 Å². The van der Waals surface area contributed by atoms with Gasteiger partial charge in [0.25, 0.3) is 0 Å². The van der Waals surface area contributed by atoms with Gasteiger partial charge in [-0.05, 0) is 143 Å². The number of carboxylic acid groups (broad SMARTS) is 1. The average Bonchev–Trinajstić information content (AvgIpc) is 4.03. The number of nitriles is 1. The molecule has 0 saturated heterocycles. The van der Waals surface area contributed by atoms with Gasteiger partial charge >= 0.3 is 5.97 Å². The fourth-order valence-corrected chi connectivity index (χ4v) is 12.7. The van der Waals surface area contributed by atoms with E-state index in [-0.39, 0.29) is 11.0 Å². The number of aryl methyl sites for hydroxylation is 3. The Hall–Kier alpha value is -6.04. The first-order chi connectivity index (χ1) is 30.0. The minimum Gasteiger partial charge on any atom is -0.477 e. The van der Waals surface area contributed by atoms with E-state index in [1.807, 2.05) is 17.4 Å². The molecule has 0 bridgehead atoms. The summed E-state index contributed by atoms with van der Waals surface area (Å²) in [7, 11) is 0. The van der Waals surface area contributed by atoms with E-state index in [9.17, 15) is 15.2 Å². The van der Waals surface area contributed by atoms with Crippen LogP contribution in [0.25, 0.3) is 57.9 Å². The summed E-state index contributed by atoms with van der Waals surface area (Å²) in [6.45, 7) is 11.4. The molecule has 1 aliphatic carbocycles. The lowest BCUT2D eigenvalue weighted by Gasteiger charge is -2.29. The number of anilines is 3. The van der Waals surface area contributed by atoms with Crippen molar-refractivity contribution < 1.29 is 9.90 Å². The van der Waals surface area contributed by atoms with Crippen LogP contribution in [0.15, 0.2) is 133 Å². The van der Waals surface area contributed by atoms with Gasteiger partial charge in [0.15, 0.2) is 0 Å². The highest BCUT2D eigenvalue weighted by atomic mass is 32.1. The van der Waals surface area contributed by atoms with Gasteiger partial charge in [-0.1, -0.05) is 113 Å². The Kier molecular flexibility index (Phi) is 11.3. The molecule has 3 heterocycles. The number of carbonyl (C=O) groups is 1. The van der Waals surface area contributed by atoms with E-state index in [1.165, 1.54) is 107 Å². The van der Waals surface area contributed by atoms with Gasteiger partial charge in [-0.2, -0.15) is 5.26 Å². The van der Waals surface area contributed by atoms with Crippen LogP contribution in [-0.4, -0.2) is 11.1 Å². The van der Waals surface area contributed by atoms with Crippen LogP contribution in [0.1, 0.15) is 79.1 Å². The van der Waals surface area contributed by atoms with Gasteiger partial charge in [-0.15, -0.1) is 34.0 Å². The predicted octanol–water partition coefficient (Wildman–Crippen LogP) is 16.5. The number of unbranched alkanes of at least 4 members (excludes halogenated alkanes) is 3. The van der Waals surface area contributed by atoms with Crippen molar-refractivity contribution in [3.05, 3.63) is 166 Å². The van der Waals surface area contributed by atoms with Gasteiger partial charge in [0.2, 0.25) is 0 Å². The third-order valence-corrected chi connectivity index (χ3v) is 16.0. The largest absolute Gasteiger partial charge is 0.477 e. The van der Waals surface area contributed by atoms with Crippen LogP contribution in [0.5, 0.6) is 0 Å². The normalized spacial score (nSPS) is 12.9. The monoisotopic (exact) mass is 864 g/mol. The van der Waals surface area contributed by atoms with Crippen molar-refractivity contribution in [2.75, 3.05) is 4.90 Å². The Labute approximate surface area is 376 Å². The number of thiophene rings is 3. The number of fused-ring (bicyclic) bond motifs is 4. The van der Waals surface area contributed by atoms with Crippen molar-refractivity contribution in [1.82, 2.24) is 0 Å². The number of benzene rings is 5. The van der Waals surface area contributed by atoms with Gasteiger partial charge < -0.3 is 10.0 Å². The fourth-order valence-electron chi connectivity index (χ4n) is 9.06. The fraction of sp³-hybridized carbons (Fsp3) is 0.200. The van der Waals surface area contributed by atoms with Gasteiger partial charge in [-0.3, -0.25) is 0 Å². The van der Waals surface area contributed by atoms with Crippen LogP contribution in [0.2, 0.25) is 0 Å². The molecule has 0 fully saturated rings. The molecule has 9 rings (SSSR count). The number of hydrogen-bond acceptors (Lipinski definition) is 6. The number of aliphatic carboxylic acids is 1. The lowest BCUT2D eigenvalue weighted by molar-refractivity contribution is -0.132. The Morgan fingerprint density at radius 3 is 2.03 bits per heavy atom. The van der Waals surface area contributed by atoms with E-state index >= 15 is 0 Å². The molecule has 0 amide bonds. The molecule has 1 N–H and O–H groups in total. The van der Waals surface area contributed by atoms with Crippen molar-refractivity contribution in [2.24, 2.45) is 0 Å². The van der Waals surface area contributed by atoms with Crippen LogP contribution in [0.4, 0.5) is 17.1 Å². The molecule has 7 heteroatoms. The van der Waals surface area contributed by atoms with Crippen molar-refractivity contribution in [1.29, 1.82) is 5.26 Å². The maximum atomic E-state index is 11.5. The molecule has 0 spiro atoms. The second-order valence-electron chi connectivity index (χ2n) is 16.8. The molecule has 0 radical (unpaired) electrons. The highest BCUT2D eigenvalue weighted by molar-refractivity contribution is 7.31. The third-order valence-electron chi connectivity index (χ3n) is 12.3. The second-order valence-corrected chi connectivity index (χ2v) is 20.1. The van der Waals surface area contributed by atoms with Gasteiger partial charge in [-0.25, -0.2) is 4.79 Å². The standard InChI is InChI=1S/C55H48N2O2S3/c1-6-7-8-9-15-37-29-49(52-32-51-50(61-52)31-42(60-51)28-38(33-56)54(58)59)62-53(37)36-19-21-39(22-20-36)57(40-23-25-44(35(3)27-40)43-16-11-10-14-34(43)2)41-24-26-46-45-17-12-13-18-47(45)55(4,5)48(46)30-41/h10-14,16-32H,6-9,15H2,1-5H3,(H,58,59)/b38-28+. The van der Waals surface area contributed by atoms with Crippen LogP contribution < -0.4 is 4.90 Å². The minimum absolute atomic E-state index is 0.120. The lowest BCUT2D eigenvalue weighted by atomic mass is 9.82. The third kappa shape index (κ3) is 7.73. The van der Waals surface area contributed by atoms with Gasteiger partial charge in [0.1, 0.15) is 11.6 Å². The molecule has 1 aliphatic rings. The number of nitrogens with zero attached hydrogens (tertiary/aromatic N) is 2. The first-order valence-electron chi connectivity index (χ1n) is 21.4. The molecular weight excluding hydrogens is 817 g/mol. The highest BCUT2D eigenvalue weighted by Crippen LogP contribution is 2.51. The smallest absolute Gasteiger partial charge is 0.346 e. The number of carboxylic acids is 1. The summed E-state index contributed by atoms with van der Waals surface area (Å²) in [5.41, 5.74) is 16.0. The molecule has 0 atom stereocenters. The summed E-state index contributed by atoms with van der Waals surface area (Å²) in [5, 5.41) is 18.6. The summed E-state index contributed by atoms with van der Waals surface area (Å²) in [6, 6.07) is 48.9. The van der Waals surface area contributed by atoms with Gasteiger partial charge in [0.05, 0.1) is 0 Å². The maximum Gasteiger partial charge on any atom is 0.346 e. The molecule has 62 heavy (non-hydrogen) atoms. The summed E-state index contributed by atoms with van der Waals surface area (Å²) in [6.07, 6.45) is 7.30. The molecule has 0 aliphatic heterocycles. The Morgan fingerprint density at radius 2 is 1.32 bits per heavy atom. The summed E-state index contributed by atoms with van der Waals surface area (Å²) in [5.74, 6) is -1.20. The molecule has 0 unspecified atom stereocenters. The first kappa shape index (κ1) is 41.3. The Bertz CT molecular complexity index is 3030. The molecule has 5 aromatic carbocycles. The number of rotatable bonds is 13. The molecule has 0 saturated carbocycles. The predicted molar refractivity (Wildman–Crippen MR) is 265 cm³/mol. The second kappa shape index (κ2) is 17.0. The van der Waals surface area contributed by atoms with E-state index < -0.39 is 5.97 Å². The summed E-state index contributed by atoms with van der Waals surface area (Å²) < 4.78 is 2.20. The minimum atomic E-state index is -1.20. The van der Waals surface area contributed by atoms with Gasteiger partial charge in [0, 0.05) is 51.4 Å². The van der Waals surface area contributed by atoms with E-state index in [0.717, 1.165) is 44.2 Å². The van der Waals surface area contributed by atoms with E-state index in [0.29, 0.717) is 0 Å². The lowest BCUT2D eigenvalue weighted by Crippen LogP contribution is -2.16. The molecule has 308 valence electrons. The zero-order chi connectivity index (χ0) is 43.1. The molecular formula is C55H48N2O2S3. The quantitative estimate of drug-likeness (QED) is 0.0712. The van der Waals surface area contributed by atoms with Crippen LogP contribution >= 0.6 is 34.0 Å². The van der Waals surface area contributed by atoms with E-state index in [4.69, 9.17) is 0 Å². The van der Waals surface area contributed by atoms with Crippen molar-refractivity contribution in [3.63, 3.8) is 0 Å². The van der Waals surface area contributed by atoms with Crippen LogP contribution in [0, 0.1) is 25.2 Å². The molecule has 3 aromatic heterocycles. The number of hydrogen-bond donors (Lipinski definition) is 1. The Balaban J connectivity index is 1.10. The SMILES string of the molecule is CCCCCCc1cc(-c2cc3sc(/C=C(\C#N)C(=O)O)cc3s2)sc1-c1ccc(N(c2ccc(-c3ccccc3C)c(C)c2)c2ccc3c(c2)C(C)(C)c2ccccc2-3)cc1. The summed E-state index contributed by atoms with van der Waals surface area (Å²) in [4.78, 5) is 18.4. The Morgan fingerprint density at radius 1 is 0.677 bits per heavy atom. The summed E-state index contributed by atoms with van der Waals surface area (Å²) >= 11 is 5.11. The molecule has 8 aromatic rings. The first-order valence-corrected chi connectivity index (χ1v) is 23.8. The van der Waals surface area contributed by atoms with Crippen LogP contribution in [0.3, 0.4) is 0 Å². The highest BCUT2D eigenvalue weighted by Gasteiger charge is 2.35. The van der Waals surface area contributed by atoms with E-state index in [1.54, 1.807) is 17.4 Å². The zero-order valence-electron chi connectivity index (χ0n) is 35.7.